The number of carbonyl (C=O) groups is 2. The Morgan fingerprint density at radius 1 is 1.19 bits per heavy atom. The summed E-state index contributed by atoms with van der Waals surface area (Å²) in [5.74, 6) is -0.894. The number of nitrogens with one attached hydrogen (secondary N) is 1. The molecule has 0 atom stereocenters. The van der Waals surface area contributed by atoms with Crippen LogP contribution in [0.4, 0.5) is 10.1 Å². The number of anilines is 1. The van der Waals surface area contributed by atoms with Gasteiger partial charge in [-0.05, 0) is 48.4 Å². The molecule has 2 aromatic rings. The summed E-state index contributed by atoms with van der Waals surface area (Å²) in [5.41, 5.74) is 5.81. The number of halogens is 1. The third kappa shape index (κ3) is 5.57. The summed E-state index contributed by atoms with van der Waals surface area (Å²) in [7, 11) is 1.54. The maximum Gasteiger partial charge on any atom is 0.251 e. The van der Waals surface area contributed by atoms with Crippen molar-refractivity contribution in [2.45, 2.75) is 13.3 Å². The number of benzene rings is 2. The van der Waals surface area contributed by atoms with Crippen molar-refractivity contribution in [3.63, 3.8) is 0 Å². The zero-order valence-corrected chi connectivity index (χ0v) is 15.1. The molecule has 7 heteroatoms. The lowest BCUT2D eigenvalue weighted by molar-refractivity contribution is -0.111. The van der Waals surface area contributed by atoms with E-state index in [4.69, 9.17) is 15.2 Å². The molecule has 6 nitrogen and oxygen atoms in total. The molecule has 0 saturated heterocycles. The molecule has 27 heavy (non-hydrogen) atoms. The molecular weight excluding hydrogens is 351 g/mol. The summed E-state index contributed by atoms with van der Waals surface area (Å²) < 4.78 is 24.3. The largest absolute Gasteiger partial charge is 0.493 e. The number of rotatable bonds is 8. The van der Waals surface area contributed by atoms with E-state index in [2.05, 4.69) is 5.32 Å². The van der Waals surface area contributed by atoms with Crippen LogP contribution >= 0.6 is 0 Å². The minimum absolute atomic E-state index is 0.265. The first-order valence-electron chi connectivity index (χ1n) is 8.33. The van der Waals surface area contributed by atoms with Gasteiger partial charge < -0.3 is 20.5 Å². The highest BCUT2D eigenvalue weighted by Crippen LogP contribution is 2.28. The van der Waals surface area contributed by atoms with E-state index in [1.807, 2.05) is 6.92 Å². The number of nitrogens with two attached hydrogens (primary N) is 1. The van der Waals surface area contributed by atoms with Crippen LogP contribution in [0.5, 0.6) is 11.5 Å². The SMILES string of the molecule is CCCOc1ccc(/C=C/C(=O)Nc2ccc(F)c(C(N)=O)c2)cc1OC. The molecule has 0 aromatic heterocycles. The number of carbonyl (C=O) groups excluding carboxylic acids is 2. The smallest absolute Gasteiger partial charge is 0.251 e. The van der Waals surface area contributed by atoms with Crippen molar-refractivity contribution in [3.8, 4) is 11.5 Å². The molecule has 0 heterocycles. The Hall–Kier alpha value is -3.35. The van der Waals surface area contributed by atoms with Gasteiger partial charge in [-0.15, -0.1) is 0 Å². The molecule has 0 aliphatic carbocycles. The summed E-state index contributed by atoms with van der Waals surface area (Å²) in [4.78, 5) is 23.2. The van der Waals surface area contributed by atoms with Gasteiger partial charge in [0.05, 0.1) is 19.3 Å². The predicted molar refractivity (Wildman–Crippen MR) is 101 cm³/mol. The Kier molecular flexibility index (Phi) is 6.93. The maximum absolute atomic E-state index is 13.5. The minimum Gasteiger partial charge on any atom is -0.493 e. The van der Waals surface area contributed by atoms with Crippen molar-refractivity contribution < 1.29 is 23.5 Å². The summed E-state index contributed by atoms with van der Waals surface area (Å²) in [6, 6.07) is 8.91. The first-order valence-corrected chi connectivity index (χ1v) is 8.33. The molecule has 2 rings (SSSR count). The number of methoxy groups -OCH3 is 1. The molecule has 0 aliphatic heterocycles. The zero-order chi connectivity index (χ0) is 19.8. The lowest BCUT2D eigenvalue weighted by Gasteiger charge is -2.10. The molecule has 2 amide bonds. The van der Waals surface area contributed by atoms with E-state index in [0.29, 0.717) is 18.1 Å². The van der Waals surface area contributed by atoms with E-state index >= 15 is 0 Å². The van der Waals surface area contributed by atoms with Crippen molar-refractivity contribution >= 4 is 23.6 Å². The molecule has 0 fully saturated rings. The summed E-state index contributed by atoms with van der Waals surface area (Å²) in [6.45, 7) is 2.59. The Bertz CT molecular complexity index is 865. The average Bonchev–Trinajstić information content (AvgIpc) is 2.66. The van der Waals surface area contributed by atoms with Crippen LogP contribution in [-0.4, -0.2) is 25.5 Å². The third-order valence-corrected chi connectivity index (χ3v) is 3.58. The molecular formula is C20H21FN2O4. The zero-order valence-electron chi connectivity index (χ0n) is 15.1. The summed E-state index contributed by atoms with van der Waals surface area (Å²) >= 11 is 0. The normalized spacial score (nSPS) is 10.6. The Labute approximate surface area is 156 Å². The topological polar surface area (TPSA) is 90.6 Å². The van der Waals surface area contributed by atoms with Crippen molar-refractivity contribution in [1.29, 1.82) is 0 Å². The highest BCUT2D eigenvalue weighted by molar-refractivity contribution is 6.03. The van der Waals surface area contributed by atoms with E-state index in [1.54, 1.807) is 31.4 Å². The first-order chi connectivity index (χ1) is 12.9. The van der Waals surface area contributed by atoms with Crippen LogP contribution in [0, 0.1) is 5.82 Å². The fraction of sp³-hybridized carbons (Fsp3) is 0.200. The van der Waals surface area contributed by atoms with E-state index < -0.39 is 17.6 Å². The highest BCUT2D eigenvalue weighted by Gasteiger charge is 2.10. The molecule has 0 bridgehead atoms. The molecule has 0 radical (unpaired) electrons. The maximum atomic E-state index is 13.5. The molecule has 0 saturated carbocycles. The molecule has 142 valence electrons. The van der Waals surface area contributed by atoms with Crippen LogP contribution in [0.25, 0.3) is 6.08 Å². The van der Waals surface area contributed by atoms with Gasteiger partial charge in [-0.25, -0.2) is 4.39 Å². The summed E-state index contributed by atoms with van der Waals surface area (Å²) in [6.07, 6.45) is 3.79. The van der Waals surface area contributed by atoms with Gasteiger partial charge in [0, 0.05) is 11.8 Å². The van der Waals surface area contributed by atoms with Crippen molar-refractivity contribution in [2.24, 2.45) is 5.73 Å². The third-order valence-electron chi connectivity index (χ3n) is 3.58. The number of hydrogen-bond donors (Lipinski definition) is 2. The van der Waals surface area contributed by atoms with Crippen LogP contribution in [0.3, 0.4) is 0 Å². The number of hydrogen-bond acceptors (Lipinski definition) is 4. The fourth-order valence-corrected chi connectivity index (χ4v) is 2.27. The Balaban J connectivity index is 2.08. The second-order valence-electron chi connectivity index (χ2n) is 5.64. The van der Waals surface area contributed by atoms with Crippen LogP contribution < -0.4 is 20.5 Å². The molecule has 3 N–H and O–H groups in total. The minimum atomic E-state index is -0.906. The fourth-order valence-electron chi connectivity index (χ4n) is 2.27. The monoisotopic (exact) mass is 372 g/mol. The van der Waals surface area contributed by atoms with E-state index in [9.17, 15) is 14.0 Å². The van der Waals surface area contributed by atoms with E-state index in [1.165, 1.54) is 18.2 Å². The van der Waals surface area contributed by atoms with Gasteiger partial charge in [-0.2, -0.15) is 0 Å². The van der Waals surface area contributed by atoms with Crippen LogP contribution in [-0.2, 0) is 4.79 Å². The molecule has 0 spiro atoms. The van der Waals surface area contributed by atoms with Gasteiger partial charge in [0.1, 0.15) is 5.82 Å². The first kappa shape index (κ1) is 20.0. The Morgan fingerprint density at radius 3 is 2.63 bits per heavy atom. The lowest BCUT2D eigenvalue weighted by Crippen LogP contribution is -2.14. The van der Waals surface area contributed by atoms with E-state index in [0.717, 1.165) is 18.1 Å². The Morgan fingerprint density at radius 2 is 1.96 bits per heavy atom. The average molecular weight is 372 g/mol. The van der Waals surface area contributed by atoms with Gasteiger partial charge in [-0.3, -0.25) is 9.59 Å². The number of amides is 2. The molecule has 2 aromatic carbocycles. The number of ether oxygens (including phenoxy) is 2. The van der Waals surface area contributed by atoms with Crippen molar-refractivity contribution in [2.75, 3.05) is 19.0 Å². The number of primary amides is 1. The van der Waals surface area contributed by atoms with Gasteiger partial charge >= 0.3 is 0 Å². The predicted octanol–water partition coefficient (Wildman–Crippen LogP) is 3.37. The van der Waals surface area contributed by atoms with Gasteiger partial charge in [0.15, 0.2) is 11.5 Å². The van der Waals surface area contributed by atoms with Crippen molar-refractivity contribution in [1.82, 2.24) is 0 Å². The quantitative estimate of drug-likeness (QED) is 0.695. The standard InChI is InChI=1S/C20H21FN2O4/c1-3-10-27-17-8-4-13(11-18(17)26-2)5-9-19(24)23-14-6-7-16(21)15(12-14)20(22)25/h4-9,11-12H,3,10H2,1-2H3,(H2,22,25)(H,23,24)/b9-5+. The van der Waals surface area contributed by atoms with Crippen molar-refractivity contribution in [3.05, 3.63) is 59.4 Å². The summed E-state index contributed by atoms with van der Waals surface area (Å²) in [5, 5.41) is 2.55. The van der Waals surface area contributed by atoms with Crippen LogP contribution in [0.2, 0.25) is 0 Å². The van der Waals surface area contributed by atoms with Crippen LogP contribution in [0.1, 0.15) is 29.3 Å². The highest BCUT2D eigenvalue weighted by atomic mass is 19.1. The van der Waals surface area contributed by atoms with Gasteiger partial charge in [0.2, 0.25) is 5.91 Å². The van der Waals surface area contributed by atoms with Crippen LogP contribution in [0.15, 0.2) is 42.5 Å². The second kappa shape index (κ2) is 9.38. The van der Waals surface area contributed by atoms with E-state index in [-0.39, 0.29) is 11.3 Å². The lowest BCUT2D eigenvalue weighted by atomic mass is 10.1. The van der Waals surface area contributed by atoms with Gasteiger partial charge in [0.25, 0.3) is 5.91 Å². The molecule has 0 aliphatic rings. The molecule has 0 unspecified atom stereocenters. The van der Waals surface area contributed by atoms with Gasteiger partial charge in [-0.1, -0.05) is 13.0 Å². The second-order valence-corrected chi connectivity index (χ2v) is 5.64.